The predicted octanol–water partition coefficient (Wildman–Crippen LogP) is 4.11. The largest absolute Gasteiger partial charge is 0.487 e. The lowest BCUT2D eigenvalue weighted by molar-refractivity contribution is -0.133. The van der Waals surface area contributed by atoms with Gasteiger partial charge in [-0.15, -0.1) is 0 Å². The van der Waals surface area contributed by atoms with E-state index in [0.717, 1.165) is 23.1 Å². The van der Waals surface area contributed by atoms with E-state index in [-0.39, 0.29) is 11.9 Å². The van der Waals surface area contributed by atoms with Crippen molar-refractivity contribution in [1.29, 1.82) is 0 Å². The third kappa shape index (κ3) is 2.76. The number of likely N-dealkylation sites (N-methyl/N-ethyl adjacent to an activating group) is 1. The number of guanidine groups is 1. The molecule has 0 saturated carbocycles. The highest BCUT2D eigenvalue weighted by Gasteiger charge is 2.55. The van der Waals surface area contributed by atoms with Crippen LogP contribution in [0.3, 0.4) is 0 Å². The third-order valence-corrected chi connectivity index (χ3v) is 5.80. The summed E-state index contributed by atoms with van der Waals surface area (Å²) < 4.78 is 6.19. The summed E-state index contributed by atoms with van der Waals surface area (Å²) in [5, 5.41) is 0.677. The second-order valence-electron chi connectivity index (χ2n) is 8.10. The van der Waals surface area contributed by atoms with Crippen LogP contribution in [0.5, 0.6) is 5.75 Å². The second kappa shape index (κ2) is 6.24. The van der Waals surface area contributed by atoms with Gasteiger partial charge in [0.2, 0.25) is 0 Å². The molecule has 2 heterocycles. The van der Waals surface area contributed by atoms with E-state index in [0.29, 0.717) is 17.2 Å². The lowest BCUT2D eigenvalue weighted by Crippen LogP contribution is -2.49. The van der Waals surface area contributed by atoms with Crippen LogP contribution < -0.4 is 10.5 Å². The Balaban J connectivity index is 1.95. The number of nitrogens with zero attached hydrogens (tertiary/aromatic N) is 2. The molecule has 0 fully saturated rings. The molecule has 1 spiro atoms. The van der Waals surface area contributed by atoms with Gasteiger partial charge in [-0.3, -0.25) is 9.69 Å². The minimum Gasteiger partial charge on any atom is -0.487 e. The number of fused-ring (bicyclic) bond motifs is 2. The number of carbonyl (C=O) groups excluding carboxylic acids is 1. The fourth-order valence-electron chi connectivity index (χ4n) is 4.27. The van der Waals surface area contributed by atoms with Crippen LogP contribution in [0.4, 0.5) is 0 Å². The van der Waals surface area contributed by atoms with Crippen LogP contribution in [-0.2, 0) is 16.8 Å². The molecule has 0 bridgehead atoms. The van der Waals surface area contributed by atoms with Gasteiger partial charge in [0.25, 0.3) is 5.91 Å². The predicted molar refractivity (Wildman–Crippen MR) is 112 cm³/mol. The summed E-state index contributed by atoms with van der Waals surface area (Å²) in [6, 6.07) is 11.8. The Morgan fingerprint density at radius 1 is 1.25 bits per heavy atom. The van der Waals surface area contributed by atoms with E-state index in [4.69, 9.17) is 22.1 Å². The highest BCUT2D eigenvalue weighted by Crippen LogP contribution is 2.50. The Bertz CT molecular complexity index is 1010. The van der Waals surface area contributed by atoms with Gasteiger partial charge in [-0.25, -0.2) is 4.99 Å². The first-order valence-electron chi connectivity index (χ1n) is 9.43. The molecule has 1 amide bonds. The van der Waals surface area contributed by atoms with E-state index in [9.17, 15) is 4.79 Å². The van der Waals surface area contributed by atoms with Crippen molar-refractivity contribution in [2.24, 2.45) is 10.7 Å². The van der Waals surface area contributed by atoms with Gasteiger partial charge in [0.05, 0.1) is 0 Å². The Labute approximate surface area is 170 Å². The summed E-state index contributed by atoms with van der Waals surface area (Å²) in [6.07, 6.45) is 1.31. The van der Waals surface area contributed by atoms with Crippen LogP contribution in [0.2, 0.25) is 5.02 Å². The zero-order valence-electron chi connectivity index (χ0n) is 16.5. The standard InChI is InChI=1S/C22H24ClN3O2/c1-5-13-6-8-15(23)11-16(13)14-7-9-18-17(10-14)22(12-21(2,3)28-18)19(27)26(4)20(24)25-22/h6-11H,5,12H2,1-4H3,(H2,24,25). The number of halogens is 1. The first-order valence-corrected chi connectivity index (χ1v) is 9.80. The number of hydrogen-bond acceptors (Lipinski definition) is 4. The zero-order chi connectivity index (χ0) is 20.3. The Morgan fingerprint density at radius 3 is 2.64 bits per heavy atom. The summed E-state index contributed by atoms with van der Waals surface area (Å²) in [4.78, 5) is 19.3. The Hall–Kier alpha value is -2.53. The summed E-state index contributed by atoms with van der Waals surface area (Å²) in [5.74, 6) is 0.776. The number of ether oxygens (including phenoxy) is 1. The summed E-state index contributed by atoms with van der Waals surface area (Å²) in [7, 11) is 1.66. The van der Waals surface area contributed by atoms with Crippen LogP contribution in [0.25, 0.3) is 11.1 Å². The lowest BCUT2D eigenvalue weighted by atomic mass is 9.76. The summed E-state index contributed by atoms with van der Waals surface area (Å²) in [5.41, 5.74) is 8.41. The normalized spacial score (nSPS) is 22.8. The van der Waals surface area contributed by atoms with E-state index < -0.39 is 11.1 Å². The first-order chi connectivity index (χ1) is 13.2. The number of nitrogens with two attached hydrogens (primary N) is 1. The molecule has 6 heteroatoms. The van der Waals surface area contributed by atoms with Crippen molar-refractivity contribution in [3.63, 3.8) is 0 Å². The van der Waals surface area contributed by atoms with Gasteiger partial charge in [0.1, 0.15) is 11.4 Å². The minimum atomic E-state index is -1.06. The van der Waals surface area contributed by atoms with Crippen LogP contribution in [-0.4, -0.2) is 29.4 Å². The van der Waals surface area contributed by atoms with Crippen molar-refractivity contribution >= 4 is 23.5 Å². The molecule has 0 aliphatic carbocycles. The summed E-state index contributed by atoms with van der Waals surface area (Å²) >= 11 is 6.26. The number of rotatable bonds is 2. The monoisotopic (exact) mass is 397 g/mol. The van der Waals surface area contributed by atoms with Crippen LogP contribution in [0.1, 0.15) is 38.3 Å². The van der Waals surface area contributed by atoms with Crippen molar-refractivity contribution in [3.05, 3.63) is 52.5 Å². The first kappa shape index (κ1) is 18.8. The number of aryl methyl sites for hydroxylation is 1. The average Bonchev–Trinajstić information content (AvgIpc) is 2.85. The van der Waals surface area contributed by atoms with Crippen molar-refractivity contribution < 1.29 is 9.53 Å². The average molecular weight is 398 g/mol. The van der Waals surface area contributed by atoms with Crippen LogP contribution >= 0.6 is 11.6 Å². The van der Waals surface area contributed by atoms with E-state index in [1.54, 1.807) is 7.05 Å². The molecule has 1 atom stereocenters. The second-order valence-corrected chi connectivity index (χ2v) is 8.54. The van der Waals surface area contributed by atoms with Crippen LogP contribution in [0.15, 0.2) is 41.4 Å². The molecule has 2 N–H and O–H groups in total. The van der Waals surface area contributed by atoms with Gasteiger partial charge < -0.3 is 10.5 Å². The molecule has 0 aromatic heterocycles. The molecule has 146 valence electrons. The quantitative estimate of drug-likeness (QED) is 0.829. The molecule has 4 rings (SSSR count). The highest BCUT2D eigenvalue weighted by molar-refractivity contribution is 6.30. The van der Waals surface area contributed by atoms with E-state index in [1.165, 1.54) is 10.5 Å². The maximum atomic E-state index is 13.2. The molecule has 2 aromatic carbocycles. The smallest absolute Gasteiger partial charge is 0.261 e. The molecule has 2 aliphatic rings. The molecule has 0 radical (unpaired) electrons. The third-order valence-electron chi connectivity index (χ3n) is 5.56. The van der Waals surface area contributed by atoms with Gasteiger partial charge in [-0.2, -0.15) is 0 Å². The van der Waals surface area contributed by atoms with Crippen molar-refractivity contribution in [2.75, 3.05) is 7.05 Å². The SMILES string of the molecule is CCc1ccc(Cl)cc1-c1ccc2c(c1)C1(CC(C)(C)O2)N=C(N)N(C)C1=O. The topological polar surface area (TPSA) is 67.9 Å². The van der Waals surface area contributed by atoms with Crippen molar-refractivity contribution in [1.82, 2.24) is 4.90 Å². The van der Waals surface area contributed by atoms with Gasteiger partial charge in [0, 0.05) is 24.1 Å². The number of amides is 1. The van der Waals surface area contributed by atoms with Gasteiger partial charge in [-0.05, 0) is 61.2 Å². The minimum absolute atomic E-state index is 0.124. The number of hydrogen-bond donors (Lipinski definition) is 1. The fourth-order valence-corrected chi connectivity index (χ4v) is 4.44. The van der Waals surface area contributed by atoms with Crippen LogP contribution in [0, 0.1) is 0 Å². The highest BCUT2D eigenvalue weighted by atomic mass is 35.5. The maximum Gasteiger partial charge on any atom is 0.261 e. The summed E-state index contributed by atoms with van der Waals surface area (Å²) in [6.45, 7) is 6.04. The molecular weight excluding hydrogens is 374 g/mol. The van der Waals surface area contributed by atoms with E-state index in [2.05, 4.69) is 11.9 Å². The molecule has 28 heavy (non-hydrogen) atoms. The molecule has 0 saturated heterocycles. The van der Waals surface area contributed by atoms with E-state index in [1.807, 2.05) is 50.2 Å². The lowest BCUT2D eigenvalue weighted by Gasteiger charge is -2.41. The molecule has 2 aromatic rings. The Kier molecular flexibility index (Phi) is 4.19. The van der Waals surface area contributed by atoms with Crippen molar-refractivity contribution in [3.8, 4) is 16.9 Å². The molecule has 1 unspecified atom stereocenters. The number of aliphatic imine (C=N–C) groups is 1. The zero-order valence-corrected chi connectivity index (χ0v) is 17.3. The van der Waals surface area contributed by atoms with Gasteiger partial charge >= 0.3 is 0 Å². The van der Waals surface area contributed by atoms with Gasteiger partial charge in [-0.1, -0.05) is 30.7 Å². The van der Waals surface area contributed by atoms with E-state index >= 15 is 0 Å². The fraction of sp³-hybridized carbons (Fsp3) is 0.364. The number of carbonyl (C=O) groups is 1. The molecule has 2 aliphatic heterocycles. The van der Waals surface area contributed by atoms with Crippen molar-refractivity contribution in [2.45, 2.75) is 44.8 Å². The Morgan fingerprint density at radius 2 is 2.00 bits per heavy atom. The van der Waals surface area contributed by atoms with Gasteiger partial charge in [0.15, 0.2) is 11.5 Å². The molecule has 5 nitrogen and oxygen atoms in total. The molecular formula is C22H24ClN3O2. The maximum absolute atomic E-state index is 13.2. The number of benzene rings is 2.